The number of carbonyl (C=O) groups excluding carboxylic acids is 3. The number of amides is 2. The van der Waals surface area contributed by atoms with E-state index in [9.17, 15) is 19.5 Å². The van der Waals surface area contributed by atoms with Crippen LogP contribution in [0.15, 0.2) is 30.2 Å². The molecule has 2 amide bonds. The van der Waals surface area contributed by atoms with Crippen molar-refractivity contribution in [1.29, 1.82) is 0 Å². The number of hydrogen-bond donors (Lipinski definition) is 1. The predicted octanol–water partition coefficient (Wildman–Crippen LogP) is -3.47. The standard InChI is InChI=1S/C16H18N2O4S.K/c1-16(2)12(15(21)22)18-13(20)11(14(18)23-16)17-10(19)8-9-6-4-3-5-7-9;/h3-7,11-12,14H,8H2,1-2H3,(H,17,19)(H,21,22);/q;+1/p-1/i3D,4D,5D,6D,7D,8D2;. The van der Waals surface area contributed by atoms with E-state index in [0.717, 1.165) is 16.7 Å². The first-order chi connectivity index (χ1) is 13.6. The molecule has 2 aliphatic rings. The number of carboxylic acids is 1. The zero-order valence-corrected chi connectivity index (χ0v) is 17.2. The number of thioether (sulfide) groups is 1. The molecule has 1 N–H and O–H groups in total. The van der Waals surface area contributed by atoms with Crippen LogP contribution in [0.1, 0.15) is 29.0 Å². The van der Waals surface area contributed by atoms with Crippen LogP contribution < -0.4 is 61.8 Å². The molecular formula is C16H17KN2O4S. The molecule has 0 bridgehead atoms. The van der Waals surface area contributed by atoms with E-state index in [0.29, 0.717) is 0 Å². The average Bonchev–Trinajstić information content (AvgIpc) is 2.90. The Morgan fingerprint density at radius 1 is 1.42 bits per heavy atom. The number of fused-ring (bicyclic) bond motifs is 1. The summed E-state index contributed by atoms with van der Waals surface area (Å²) in [4.78, 5) is 37.6. The van der Waals surface area contributed by atoms with Crippen molar-refractivity contribution in [1.82, 2.24) is 10.2 Å². The zero-order valence-electron chi connectivity index (χ0n) is 20.2. The minimum Gasteiger partial charge on any atom is -0.548 e. The first-order valence-electron chi connectivity index (χ1n) is 10.2. The second-order valence-electron chi connectivity index (χ2n) is 5.66. The number of hydrogen-bond acceptors (Lipinski definition) is 5. The van der Waals surface area contributed by atoms with E-state index < -0.39 is 82.1 Å². The van der Waals surface area contributed by atoms with E-state index in [4.69, 9.17) is 9.60 Å². The van der Waals surface area contributed by atoms with Gasteiger partial charge in [-0.1, -0.05) is 30.2 Å². The zero-order chi connectivity index (χ0) is 22.9. The van der Waals surface area contributed by atoms with Crippen molar-refractivity contribution in [2.45, 2.75) is 42.4 Å². The molecule has 2 fully saturated rings. The minimum absolute atomic E-state index is 0. The van der Waals surface area contributed by atoms with Gasteiger partial charge in [0.1, 0.15) is 11.4 Å². The Morgan fingerprint density at radius 2 is 2.04 bits per heavy atom. The summed E-state index contributed by atoms with van der Waals surface area (Å²) in [6.45, 7) is 3.21. The van der Waals surface area contributed by atoms with Crippen LogP contribution in [0, 0.1) is 0 Å². The molecule has 0 aromatic heterocycles. The summed E-state index contributed by atoms with van der Waals surface area (Å²) < 4.78 is 53.9. The molecule has 8 heteroatoms. The SMILES string of the molecule is [2H]c1c([2H])c([2H])c(C([2H])([2H])C(=O)NC2C(=O)N3C2SC(C)(C)C3C(=O)[O-])c([2H])c1[2H].[K+]. The number of β-lactam (4-membered cyclic amide) rings is 1. The third kappa shape index (κ3) is 3.59. The molecule has 6 nitrogen and oxygen atoms in total. The van der Waals surface area contributed by atoms with Gasteiger partial charge in [-0.15, -0.1) is 11.8 Å². The van der Waals surface area contributed by atoms with Crippen LogP contribution in [0.4, 0.5) is 0 Å². The van der Waals surface area contributed by atoms with Gasteiger partial charge in [-0.25, -0.2) is 0 Å². The van der Waals surface area contributed by atoms with Crippen molar-refractivity contribution < 1.29 is 80.5 Å². The molecule has 2 saturated heterocycles. The van der Waals surface area contributed by atoms with Crippen LogP contribution in [0.5, 0.6) is 0 Å². The fourth-order valence-corrected chi connectivity index (χ4v) is 4.35. The Labute approximate surface area is 197 Å². The first kappa shape index (κ1) is 12.1. The van der Waals surface area contributed by atoms with Crippen LogP contribution in [0.2, 0.25) is 0 Å². The molecule has 0 radical (unpaired) electrons. The van der Waals surface area contributed by atoms with Crippen molar-refractivity contribution in [2.75, 3.05) is 0 Å². The van der Waals surface area contributed by atoms with E-state index in [-0.39, 0.29) is 51.4 Å². The Hall–Kier alpha value is -0.384. The molecule has 1 aromatic carbocycles. The van der Waals surface area contributed by atoms with Gasteiger partial charge >= 0.3 is 51.4 Å². The number of nitrogens with one attached hydrogen (secondary N) is 1. The number of carboxylic acid groups (broad SMARTS) is 1. The predicted molar refractivity (Wildman–Crippen MR) is 83.2 cm³/mol. The summed E-state index contributed by atoms with van der Waals surface area (Å²) >= 11 is 1.12. The second kappa shape index (κ2) is 7.47. The van der Waals surface area contributed by atoms with Crippen LogP contribution in [-0.2, 0) is 20.8 Å². The van der Waals surface area contributed by atoms with Gasteiger partial charge in [-0.3, -0.25) is 9.59 Å². The van der Waals surface area contributed by atoms with E-state index in [2.05, 4.69) is 5.32 Å². The van der Waals surface area contributed by atoms with Crippen molar-refractivity contribution in [3.05, 3.63) is 35.8 Å². The van der Waals surface area contributed by atoms with Gasteiger partial charge in [0.15, 0.2) is 0 Å². The van der Waals surface area contributed by atoms with E-state index >= 15 is 0 Å². The Kier molecular flexibility index (Phi) is 3.76. The topological polar surface area (TPSA) is 89.5 Å². The molecular weight excluding hydrogens is 355 g/mol. The number of carbonyl (C=O) groups is 3. The van der Waals surface area contributed by atoms with Gasteiger partial charge in [-0.05, 0) is 19.4 Å². The van der Waals surface area contributed by atoms with Gasteiger partial charge in [0.05, 0.1) is 25.2 Å². The summed E-state index contributed by atoms with van der Waals surface area (Å²) in [7, 11) is 0. The molecule has 3 rings (SSSR count). The fourth-order valence-electron chi connectivity index (χ4n) is 2.73. The minimum atomic E-state index is -3.04. The van der Waals surface area contributed by atoms with Crippen molar-refractivity contribution in [2.24, 2.45) is 0 Å². The smallest absolute Gasteiger partial charge is 0.548 e. The Bertz CT molecular complexity index is 964. The molecule has 3 unspecified atom stereocenters. The third-order valence-corrected chi connectivity index (χ3v) is 5.26. The van der Waals surface area contributed by atoms with Crippen molar-refractivity contribution in [3.63, 3.8) is 0 Å². The largest absolute Gasteiger partial charge is 1.00 e. The van der Waals surface area contributed by atoms with Gasteiger partial charge < -0.3 is 20.1 Å². The number of aliphatic carboxylic acids is 1. The Morgan fingerprint density at radius 3 is 2.62 bits per heavy atom. The Balaban J connectivity index is 0.00000341. The molecule has 3 atom stereocenters. The van der Waals surface area contributed by atoms with Crippen molar-refractivity contribution in [3.8, 4) is 0 Å². The summed E-state index contributed by atoms with van der Waals surface area (Å²) in [5, 5.41) is 12.9. The van der Waals surface area contributed by atoms with E-state index in [1.807, 2.05) is 0 Å². The van der Waals surface area contributed by atoms with Gasteiger partial charge in [0.25, 0.3) is 0 Å². The fraction of sp³-hybridized carbons (Fsp3) is 0.438. The summed E-state index contributed by atoms with van der Waals surface area (Å²) in [6, 6.07) is -6.48. The van der Waals surface area contributed by atoms with Crippen LogP contribution >= 0.6 is 11.8 Å². The average molecular weight is 380 g/mol. The molecule has 0 aliphatic carbocycles. The molecule has 2 aliphatic heterocycles. The molecule has 1 aromatic rings. The number of nitrogens with zero attached hydrogens (tertiary/aromatic N) is 1. The molecule has 24 heavy (non-hydrogen) atoms. The molecule has 0 saturated carbocycles. The summed E-state index contributed by atoms with van der Waals surface area (Å²) in [6.07, 6.45) is -3.04. The summed E-state index contributed by atoms with van der Waals surface area (Å²) in [5.74, 6) is -3.53. The molecule has 122 valence electrons. The van der Waals surface area contributed by atoms with Crippen LogP contribution in [0.25, 0.3) is 0 Å². The monoisotopic (exact) mass is 379 g/mol. The van der Waals surface area contributed by atoms with Crippen LogP contribution in [-0.4, -0.2) is 44.9 Å². The van der Waals surface area contributed by atoms with Gasteiger partial charge in [0, 0.05) is 7.49 Å². The second-order valence-corrected chi connectivity index (χ2v) is 7.43. The first-order valence-corrected chi connectivity index (χ1v) is 7.61. The van der Waals surface area contributed by atoms with Gasteiger partial charge in [-0.2, -0.15) is 0 Å². The van der Waals surface area contributed by atoms with Crippen LogP contribution in [0.3, 0.4) is 0 Å². The van der Waals surface area contributed by atoms with E-state index in [1.54, 1.807) is 13.8 Å². The maximum absolute atomic E-state index is 12.7. The number of benzene rings is 1. The third-order valence-electron chi connectivity index (χ3n) is 3.69. The quantitative estimate of drug-likeness (QED) is 0.434. The summed E-state index contributed by atoms with van der Waals surface area (Å²) in [5.41, 5.74) is -0.846. The van der Waals surface area contributed by atoms with E-state index in [1.165, 1.54) is 0 Å². The number of rotatable bonds is 4. The normalized spacial score (nSPS) is 31.6. The maximum Gasteiger partial charge on any atom is 1.00 e. The molecule has 0 spiro atoms. The van der Waals surface area contributed by atoms with Gasteiger partial charge in [0.2, 0.25) is 11.8 Å². The molecule has 2 heterocycles. The maximum atomic E-state index is 12.7. The van der Waals surface area contributed by atoms with Crippen molar-refractivity contribution >= 4 is 29.5 Å².